The van der Waals surface area contributed by atoms with Crippen LogP contribution in [-0.2, 0) is 10.4 Å². The van der Waals surface area contributed by atoms with Gasteiger partial charge in [-0.1, -0.05) is 47.5 Å². The second-order valence-electron chi connectivity index (χ2n) is 6.43. The Morgan fingerprint density at radius 2 is 1.47 bits per heavy atom. The molecule has 0 aliphatic heterocycles. The minimum Gasteiger partial charge on any atom is -0.494 e. The van der Waals surface area contributed by atoms with E-state index in [1.54, 1.807) is 48.5 Å². The van der Waals surface area contributed by atoms with Crippen LogP contribution in [0.15, 0.2) is 77.9 Å². The molecule has 0 heterocycles. The van der Waals surface area contributed by atoms with E-state index in [4.69, 9.17) is 27.9 Å². The molecule has 0 saturated carbocycles. The van der Waals surface area contributed by atoms with Crippen LogP contribution < -0.4 is 10.2 Å². The zero-order valence-corrected chi connectivity index (χ0v) is 17.7. The average molecular weight is 443 g/mol. The highest BCUT2D eigenvalue weighted by molar-refractivity contribution is 6.30. The van der Waals surface area contributed by atoms with Crippen LogP contribution >= 0.6 is 23.2 Å². The van der Waals surface area contributed by atoms with Gasteiger partial charge in [0.05, 0.1) is 12.8 Å². The van der Waals surface area contributed by atoms with Gasteiger partial charge in [0, 0.05) is 10.0 Å². The van der Waals surface area contributed by atoms with Crippen molar-refractivity contribution in [3.05, 3.63) is 99.5 Å². The van der Waals surface area contributed by atoms with Gasteiger partial charge in [-0.15, -0.1) is 0 Å². The van der Waals surface area contributed by atoms with Crippen molar-refractivity contribution in [2.75, 3.05) is 6.61 Å². The summed E-state index contributed by atoms with van der Waals surface area (Å²) in [4.78, 5) is 13.0. The molecule has 0 bridgehead atoms. The molecule has 7 heteroatoms. The molecule has 0 atom stereocenters. The maximum atomic E-state index is 13.0. The number of rotatable bonds is 7. The number of nitrogens with one attached hydrogen (secondary N) is 1. The molecule has 0 unspecified atom stereocenters. The van der Waals surface area contributed by atoms with Gasteiger partial charge >= 0.3 is 0 Å². The van der Waals surface area contributed by atoms with Gasteiger partial charge in [0.1, 0.15) is 5.75 Å². The lowest BCUT2D eigenvalue weighted by Crippen LogP contribution is -2.43. The van der Waals surface area contributed by atoms with Crippen molar-refractivity contribution >= 4 is 35.3 Å². The second-order valence-corrected chi connectivity index (χ2v) is 7.30. The molecule has 0 radical (unpaired) electrons. The molecule has 0 saturated heterocycles. The molecule has 0 fully saturated rings. The molecule has 5 nitrogen and oxygen atoms in total. The van der Waals surface area contributed by atoms with Crippen molar-refractivity contribution in [2.45, 2.75) is 12.5 Å². The Balaban J connectivity index is 1.85. The molecule has 0 aliphatic rings. The second kappa shape index (κ2) is 9.76. The van der Waals surface area contributed by atoms with Crippen LogP contribution in [0.2, 0.25) is 10.0 Å². The Labute approximate surface area is 184 Å². The Morgan fingerprint density at radius 3 is 1.93 bits per heavy atom. The molecule has 3 aromatic rings. The summed E-state index contributed by atoms with van der Waals surface area (Å²) in [6, 6.07) is 20.0. The van der Waals surface area contributed by atoms with Crippen molar-refractivity contribution < 1.29 is 14.6 Å². The fraction of sp³-hybridized carbons (Fsp3) is 0.130. The molecule has 0 spiro atoms. The zero-order chi connectivity index (χ0) is 21.6. The highest BCUT2D eigenvalue weighted by Gasteiger charge is 2.40. The molecule has 0 aromatic heterocycles. The van der Waals surface area contributed by atoms with Crippen LogP contribution in [0.5, 0.6) is 5.75 Å². The Kier molecular flexibility index (Phi) is 7.11. The summed E-state index contributed by atoms with van der Waals surface area (Å²) >= 11 is 11.9. The van der Waals surface area contributed by atoms with Gasteiger partial charge in [-0.25, -0.2) is 5.43 Å². The molecule has 3 rings (SSSR count). The minimum atomic E-state index is -1.98. The number of carbonyl (C=O) groups is 1. The van der Waals surface area contributed by atoms with Crippen LogP contribution in [0.25, 0.3) is 0 Å². The average Bonchev–Trinajstić information content (AvgIpc) is 2.75. The number of hydrogen-bond donors (Lipinski definition) is 2. The quantitative estimate of drug-likeness (QED) is 0.408. The third-order valence-electron chi connectivity index (χ3n) is 4.42. The van der Waals surface area contributed by atoms with Crippen molar-refractivity contribution in [1.29, 1.82) is 0 Å². The van der Waals surface area contributed by atoms with E-state index in [0.29, 0.717) is 27.8 Å². The van der Waals surface area contributed by atoms with Crippen molar-refractivity contribution in [2.24, 2.45) is 5.10 Å². The van der Waals surface area contributed by atoms with Crippen molar-refractivity contribution in [3.8, 4) is 5.75 Å². The summed E-state index contributed by atoms with van der Waals surface area (Å²) < 4.78 is 5.40. The zero-order valence-electron chi connectivity index (χ0n) is 16.2. The first kappa shape index (κ1) is 21.8. The Bertz CT molecular complexity index is 972. The van der Waals surface area contributed by atoms with Gasteiger partial charge in [-0.2, -0.15) is 5.10 Å². The monoisotopic (exact) mass is 442 g/mol. The first-order chi connectivity index (χ1) is 14.4. The summed E-state index contributed by atoms with van der Waals surface area (Å²) in [6.45, 7) is 2.49. The number of halogens is 2. The fourth-order valence-electron chi connectivity index (χ4n) is 2.87. The molecule has 2 N–H and O–H groups in total. The van der Waals surface area contributed by atoms with E-state index < -0.39 is 11.5 Å². The van der Waals surface area contributed by atoms with Crippen LogP contribution in [0.3, 0.4) is 0 Å². The number of ether oxygens (including phenoxy) is 1. The van der Waals surface area contributed by atoms with Gasteiger partial charge in [0.25, 0.3) is 5.91 Å². The number of benzene rings is 3. The number of nitrogens with zero attached hydrogens (tertiary/aromatic N) is 1. The van der Waals surface area contributed by atoms with Crippen LogP contribution in [0, 0.1) is 0 Å². The van der Waals surface area contributed by atoms with E-state index in [9.17, 15) is 9.90 Å². The van der Waals surface area contributed by atoms with Gasteiger partial charge in [0.15, 0.2) is 5.60 Å². The molecule has 154 valence electrons. The van der Waals surface area contributed by atoms with Gasteiger partial charge in [0.2, 0.25) is 0 Å². The van der Waals surface area contributed by atoms with Crippen LogP contribution in [0.4, 0.5) is 0 Å². The third-order valence-corrected chi connectivity index (χ3v) is 4.93. The molecular weight excluding hydrogens is 423 g/mol. The summed E-state index contributed by atoms with van der Waals surface area (Å²) in [7, 11) is 0. The molecule has 1 amide bonds. The number of carbonyl (C=O) groups excluding carboxylic acids is 1. The summed E-state index contributed by atoms with van der Waals surface area (Å²) in [5.41, 5.74) is 1.90. The van der Waals surface area contributed by atoms with Gasteiger partial charge < -0.3 is 9.84 Å². The van der Waals surface area contributed by atoms with Crippen LogP contribution in [0.1, 0.15) is 23.6 Å². The highest BCUT2D eigenvalue weighted by atomic mass is 35.5. The van der Waals surface area contributed by atoms with E-state index in [2.05, 4.69) is 10.5 Å². The van der Waals surface area contributed by atoms with E-state index in [1.807, 2.05) is 31.2 Å². The van der Waals surface area contributed by atoms with Crippen LogP contribution in [-0.4, -0.2) is 23.8 Å². The maximum absolute atomic E-state index is 13.0. The standard InChI is InChI=1S/C23H20Cl2N2O3/c1-2-30-21-13-3-16(4-14-21)15-26-27-22(28)23(29,17-5-9-19(24)10-6-17)18-7-11-20(25)12-8-18/h3-15,29H,2H2,1H3,(H,27,28)/b26-15+. The number of hydrazone groups is 1. The molecule has 3 aromatic carbocycles. The lowest BCUT2D eigenvalue weighted by Gasteiger charge is -2.27. The third kappa shape index (κ3) is 5.00. The number of aliphatic hydroxyl groups is 1. The summed E-state index contributed by atoms with van der Waals surface area (Å²) in [5.74, 6) is 0.0351. The molecular formula is C23H20Cl2N2O3. The summed E-state index contributed by atoms with van der Waals surface area (Å²) in [5, 5.41) is 16.4. The smallest absolute Gasteiger partial charge is 0.281 e. The topological polar surface area (TPSA) is 70.9 Å². The normalized spacial score (nSPS) is 11.5. The van der Waals surface area contributed by atoms with E-state index in [-0.39, 0.29) is 0 Å². The first-order valence-electron chi connectivity index (χ1n) is 9.24. The largest absolute Gasteiger partial charge is 0.494 e. The lowest BCUT2D eigenvalue weighted by molar-refractivity contribution is -0.136. The number of amides is 1. The first-order valence-corrected chi connectivity index (χ1v) is 10.00. The molecule has 0 aliphatic carbocycles. The van der Waals surface area contributed by atoms with E-state index in [1.165, 1.54) is 6.21 Å². The predicted molar refractivity (Wildman–Crippen MR) is 119 cm³/mol. The fourth-order valence-corrected chi connectivity index (χ4v) is 3.13. The van der Waals surface area contributed by atoms with Crippen molar-refractivity contribution in [1.82, 2.24) is 5.43 Å². The lowest BCUT2D eigenvalue weighted by atomic mass is 9.85. The van der Waals surface area contributed by atoms with Gasteiger partial charge in [-0.3, -0.25) is 4.79 Å². The predicted octanol–water partition coefficient (Wildman–Crippen LogP) is 4.78. The minimum absolute atomic E-state index is 0.350. The Morgan fingerprint density at radius 1 is 0.967 bits per heavy atom. The van der Waals surface area contributed by atoms with E-state index >= 15 is 0 Å². The van der Waals surface area contributed by atoms with Crippen molar-refractivity contribution in [3.63, 3.8) is 0 Å². The molecule has 30 heavy (non-hydrogen) atoms. The Hall–Kier alpha value is -2.86. The SMILES string of the molecule is CCOc1ccc(/C=N/NC(=O)C(O)(c2ccc(Cl)cc2)c2ccc(Cl)cc2)cc1. The maximum Gasteiger partial charge on any atom is 0.281 e. The summed E-state index contributed by atoms with van der Waals surface area (Å²) in [6.07, 6.45) is 1.48. The van der Waals surface area contributed by atoms with Gasteiger partial charge in [-0.05, 0) is 72.1 Å². The highest BCUT2D eigenvalue weighted by Crippen LogP contribution is 2.31. The van der Waals surface area contributed by atoms with E-state index in [0.717, 1.165) is 11.3 Å². The number of hydrogen-bond acceptors (Lipinski definition) is 4.